The van der Waals surface area contributed by atoms with Crippen LogP contribution in [0.2, 0.25) is 0 Å². The summed E-state index contributed by atoms with van der Waals surface area (Å²) in [6.45, 7) is 0.495. The second-order valence-electron chi connectivity index (χ2n) is 5.52. The summed E-state index contributed by atoms with van der Waals surface area (Å²) >= 11 is 3.41. The quantitative estimate of drug-likeness (QED) is 0.707. The van der Waals surface area contributed by atoms with Gasteiger partial charge in [-0.1, -0.05) is 28.1 Å². The summed E-state index contributed by atoms with van der Waals surface area (Å²) in [6, 6.07) is 16.7. The lowest BCUT2D eigenvalue weighted by Gasteiger charge is -2.04. The lowest BCUT2D eigenvalue weighted by Crippen LogP contribution is -2.22. The van der Waals surface area contributed by atoms with Gasteiger partial charge in [0, 0.05) is 15.6 Å². The van der Waals surface area contributed by atoms with Crippen molar-refractivity contribution in [2.24, 2.45) is 0 Å². The largest absolute Gasteiger partial charge is 0.459 e. The molecule has 2 heterocycles. The molecule has 5 nitrogen and oxygen atoms in total. The first-order chi connectivity index (χ1) is 12.2. The van der Waals surface area contributed by atoms with Crippen LogP contribution in [0.25, 0.3) is 11.3 Å². The van der Waals surface area contributed by atoms with Gasteiger partial charge in [-0.2, -0.15) is 0 Å². The van der Waals surface area contributed by atoms with E-state index >= 15 is 0 Å². The second kappa shape index (κ2) is 6.64. The van der Waals surface area contributed by atoms with Gasteiger partial charge in [-0.3, -0.25) is 4.79 Å². The van der Waals surface area contributed by atoms with Crippen molar-refractivity contribution in [1.82, 2.24) is 5.32 Å². The fourth-order valence-corrected chi connectivity index (χ4v) is 2.81. The monoisotopic (exact) mass is 399 g/mol. The number of halogens is 1. The van der Waals surface area contributed by atoms with Gasteiger partial charge in [0.1, 0.15) is 11.5 Å². The average Bonchev–Trinajstić information content (AvgIpc) is 3.29. The zero-order chi connectivity index (χ0) is 17.2. The van der Waals surface area contributed by atoms with Crippen molar-refractivity contribution in [1.29, 1.82) is 0 Å². The second-order valence-corrected chi connectivity index (χ2v) is 6.44. The molecule has 1 amide bonds. The predicted octanol–water partition coefficient (Wildman–Crippen LogP) is 4.37. The van der Waals surface area contributed by atoms with Crippen LogP contribution >= 0.6 is 15.9 Å². The molecule has 1 aliphatic heterocycles. The normalized spacial score (nSPS) is 12.2. The maximum Gasteiger partial charge on any atom is 0.251 e. The number of hydrogen-bond acceptors (Lipinski definition) is 4. The van der Waals surface area contributed by atoms with Crippen LogP contribution in [0.15, 0.2) is 63.5 Å². The number of rotatable bonds is 4. The van der Waals surface area contributed by atoms with Crippen molar-refractivity contribution in [3.63, 3.8) is 0 Å². The van der Waals surface area contributed by atoms with E-state index in [9.17, 15) is 4.79 Å². The van der Waals surface area contributed by atoms with Crippen LogP contribution in [0.5, 0.6) is 11.5 Å². The molecule has 0 spiro atoms. The maximum atomic E-state index is 12.3. The fourth-order valence-electron chi connectivity index (χ4n) is 2.55. The van der Waals surface area contributed by atoms with Gasteiger partial charge in [-0.05, 0) is 42.5 Å². The number of ether oxygens (including phenoxy) is 2. The van der Waals surface area contributed by atoms with Gasteiger partial charge in [-0.15, -0.1) is 0 Å². The van der Waals surface area contributed by atoms with E-state index in [1.807, 2.05) is 36.4 Å². The predicted molar refractivity (Wildman–Crippen MR) is 95.6 cm³/mol. The van der Waals surface area contributed by atoms with E-state index in [0.717, 1.165) is 15.8 Å². The molecule has 0 fully saturated rings. The summed E-state index contributed by atoms with van der Waals surface area (Å²) in [5.74, 6) is 2.50. The molecule has 126 valence electrons. The van der Waals surface area contributed by atoms with E-state index in [4.69, 9.17) is 13.9 Å². The Hall–Kier alpha value is -2.73. The molecule has 0 saturated heterocycles. The summed E-state index contributed by atoms with van der Waals surface area (Å²) in [4.78, 5) is 12.3. The summed E-state index contributed by atoms with van der Waals surface area (Å²) in [7, 11) is 0. The van der Waals surface area contributed by atoms with E-state index in [-0.39, 0.29) is 12.7 Å². The zero-order valence-corrected chi connectivity index (χ0v) is 14.7. The Labute approximate surface area is 152 Å². The van der Waals surface area contributed by atoms with Crippen LogP contribution < -0.4 is 14.8 Å². The smallest absolute Gasteiger partial charge is 0.251 e. The highest BCUT2D eigenvalue weighted by Gasteiger charge is 2.16. The van der Waals surface area contributed by atoms with Crippen molar-refractivity contribution >= 4 is 21.8 Å². The molecule has 0 radical (unpaired) electrons. The molecule has 0 unspecified atom stereocenters. The third-order valence-corrected chi connectivity index (χ3v) is 4.38. The molecule has 1 N–H and O–H groups in total. The highest BCUT2D eigenvalue weighted by atomic mass is 79.9. The summed E-state index contributed by atoms with van der Waals surface area (Å²) in [5.41, 5.74) is 1.50. The van der Waals surface area contributed by atoms with Crippen molar-refractivity contribution < 1.29 is 18.7 Å². The number of fused-ring (bicyclic) bond motifs is 1. The van der Waals surface area contributed by atoms with Crippen LogP contribution in [-0.4, -0.2) is 12.7 Å². The molecular formula is C19H14BrNO4. The van der Waals surface area contributed by atoms with E-state index in [2.05, 4.69) is 21.2 Å². The molecular weight excluding hydrogens is 386 g/mol. The van der Waals surface area contributed by atoms with E-state index in [1.165, 1.54) is 0 Å². The molecule has 0 aliphatic carbocycles. The molecule has 0 saturated carbocycles. The van der Waals surface area contributed by atoms with Gasteiger partial charge in [-0.25, -0.2) is 0 Å². The van der Waals surface area contributed by atoms with Crippen LogP contribution in [0, 0.1) is 0 Å². The minimum atomic E-state index is -0.195. The topological polar surface area (TPSA) is 60.7 Å². The van der Waals surface area contributed by atoms with E-state index < -0.39 is 0 Å². The van der Waals surface area contributed by atoms with E-state index in [1.54, 1.807) is 18.2 Å². The Balaban J connectivity index is 1.41. The molecule has 25 heavy (non-hydrogen) atoms. The molecule has 1 aliphatic rings. The first-order valence-corrected chi connectivity index (χ1v) is 8.51. The molecule has 1 aromatic heterocycles. The van der Waals surface area contributed by atoms with Gasteiger partial charge in [0.15, 0.2) is 11.5 Å². The Kier molecular flexibility index (Phi) is 4.19. The van der Waals surface area contributed by atoms with Gasteiger partial charge < -0.3 is 19.2 Å². The van der Waals surface area contributed by atoms with Crippen LogP contribution in [-0.2, 0) is 6.54 Å². The van der Waals surface area contributed by atoms with Crippen molar-refractivity contribution in [2.75, 3.05) is 6.79 Å². The lowest BCUT2D eigenvalue weighted by molar-refractivity contribution is 0.0947. The Morgan fingerprint density at radius 1 is 1.00 bits per heavy atom. The van der Waals surface area contributed by atoms with Crippen molar-refractivity contribution in [3.05, 3.63) is 70.4 Å². The molecule has 0 bridgehead atoms. The number of nitrogens with one attached hydrogen (secondary N) is 1. The zero-order valence-electron chi connectivity index (χ0n) is 13.1. The molecule has 3 aromatic rings. The van der Waals surface area contributed by atoms with Crippen LogP contribution in [0.1, 0.15) is 16.1 Å². The lowest BCUT2D eigenvalue weighted by atomic mass is 10.2. The number of amides is 1. The summed E-state index contributed by atoms with van der Waals surface area (Å²) < 4.78 is 17.3. The highest BCUT2D eigenvalue weighted by molar-refractivity contribution is 9.10. The van der Waals surface area contributed by atoms with Crippen LogP contribution in [0.4, 0.5) is 0 Å². The number of carbonyl (C=O) groups is 1. The molecule has 0 atom stereocenters. The molecule has 4 rings (SSSR count). The standard InChI is InChI=1S/C19H14BrNO4/c20-14-4-1-12(2-5-14)16-8-6-15(25-16)10-21-19(22)13-3-7-17-18(9-13)24-11-23-17/h1-9H,10-11H2,(H,21,22). The highest BCUT2D eigenvalue weighted by Crippen LogP contribution is 2.32. The Morgan fingerprint density at radius 3 is 2.64 bits per heavy atom. The number of benzene rings is 2. The van der Waals surface area contributed by atoms with Crippen molar-refractivity contribution in [3.8, 4) is 22.8 Å². The molecule has 2 aromatic carbocycles. The minimum absolute atomic E-state index is 0.186. The number of furan rings is 1. The number of carbonyl (C=O) groups excluding carboxylic acids is 1. The van der Waals surface area contributed by atoms with Gasteiger partial charge >= 0.3 is 0 Å². The summed E-state index contributed by atoms with van der Waals surface area (Å²) in [6.07, 6.45) is 0. The Morgan fingerprint density at radius 2 is 1.80 bits per heavy atom. The van der Waals surface area contributed by atoms with Gasteiger partial charge in [0.25, 0.3) is 5.91 Å². The van der Waals surface area contributed by atoms with Gasteiger partial charge in [0.2, 0.25) is 6.79 Å². The first kappa shape index (κ1) is 15.8. The SMILES string of the molecule is O=C(NCc1ccc(-c2ccc(Br)cc2)o1)c1ccc2c(c1)OCO2. The third kappa shape index (κ3) is 3.39. The minimum Gasteiger partial charge on any atom is -0.459 e. The number of hydrogen-bond donors (Lipinski definition) is 1. The average molecular weight is 400 g/mol. The molecule has 6 heteroatoms. The maximum absolute atomic E-state index is 12.3. The fraction of sp³-hybridized carbons (Fsp3) is 0.105. The van der Waals surface area contributed by atoms with Gasteiger partial charge in [0.05, 0.1) is 6.54 Å². The first-order valence-electron chi connectivity index (χ1n) is 7.71. The third-order valence-electron chi connectivity index (χ3n) is 3.85. The Bertz CT molecular complexity index is 917. The van der Waals surface area contributed by atoms with Crippen LogP contribution in [0.3, 0.4) is 0 Å². The van der Waals surface area contributed by atoms with E-state index in [0.29, 0.717) is 29.4 Å². The summed E-state index contributed by atoms with van der Waals surface area (Å²) in [5, 5.41) is 2.84. The van der Waals surface area contributed by atoms with Crippen molar-refractivity contribution in [2.45, 2.75) is 6.54 Å².